The molecule has 0 radical (unpaired) electrons. The third-order valence-corrected chi connectivity index (χ3v) is 7.00. The maximum Gasteiger partial charge on any atom is 0.253 e. The molecule has 0 aliphatic carbocycles. The number of methoxy groups -OCH3 is 1. The first-order valence-electron chi connectivity index (χ1n) is 12.6. The van der Waals surface area contributed by atoms with Crippen LogP contribution in [0.3, 0.4) is 0 Å². The zero-order valence-corrected chi connectivity index (χ0v) is 21.7. The molecule has 0 aromatic heterocycles. The second kappa shape index (κ2) is 12.2. The molecule has 0 spiro atoms. The highest BCUT2D eigenvalue weighted by Gasteiger charge is 2.34. The Bertz CT molecular complexity index is 952. The molecule has 0 N–H and O–H groups in total. The molecule has 1 amide bonds. The van der Waals surface area contributed by atoms with E-state index in [2.05, 4.69) is 73.1 Å². The summed E-state index contributed by atoms with van der Waals surface area (Å²) in [5, 5.41) is 0. The molecule has 1 saturated heterocycles. The van der Waals surface area contributed by atoms with Gasteiger partial charge in [-0.3, -0.25) is 14.6 Å². The van der Waals surface area contributed by atoms with E-state index in [0.717, 1.165) is 44.0 Å². The largest absolute Gasteiger partial charge is 0.497 e. The molecule has 1 heterocycles. The summed E-state index contributed by atoms with van der Waals surface area (Å²) < 4.78 is 5.55. The van der Waals surface area contributed by atoms with Crippen LogP contribution in [-0.2, 0) is 0 Å². The molecule has 5 heteroatoms. The summed E-state index contributed by atoms with van der Waals surface area (Å²) in [4.78, 5) is 19.9. The fourth-order valence-electron chi connectivity index (χ4n) is 4.97. The van der Waals surface area contributed by atoms with Gasteiger partial charge in [0.25, 0.3) is 5.91 Å². The van der Waals surface area contributed by atoms with Crippen molar-refractivity contribution in [2.45, 2.75) is 52.7 Å². The Morgan fingerprint density at radius 1 is 1.06 bits per heavy atom. The Morgan fingerprint density at radius 3 is 2.38 bits per heavy atom. The SMILES string of the molecule is C/C=C/CN1C[C@H](C)N(C(c2ccc(C(=O)N(CC)CC)cc2)c2cccc(OC)c2)C[C@H]1C. The lowest BCUT2D eigenvalue weighted by Crippen LogP contribution is -2.57. The normalized spacial score (nSPS) is 20.4. The monoisotopic (exact) mass is 463 g/mol. The topological polar surface area (TPSA) is 36.0 Å². The molecule has 5 nitrogen and oxygen atoms in total. The number of rotatable bonds is 9. The Kier molecular flexibility index (Phi) is 9.31. The molecule has 2 aromatic carbocycles. The van der Waals surface area contributed by atoms with Crippen molar-refractivity contribution < 1.29 is 9.53 Å². The van der Waals surface area contributed by atoms with Crippen LogP contribution < -0.4 is 4.74 Å². The molecule has 2 aromatic rings. The van der Waals surface area contributed by atoms with E-state index < -0.39 is 0 Å². The van der Waals surface area contributed by atoms with Crippen molar-refractivity contribution >= 4 is 5.91 Å². The van der Waals surface area contributed by atoms with Crippen molar-refractivity contribution in [3.05, 3.63) is 77.4 Å². The number of piperazine rings is 1. The quantitative estimate of drug-likeness (QED) is 0.477. The molecule has 3 rings (SSSR count). The number of hydrogen-bond donors (Lipinski definition) is 0. The van der Waals surface area contributed by atoms with Crippen LogP contribution in [0.4, 0.5) is 0 Å². The lowest BCUT2D eigenvalue weighted by Gasteiger charge is -2.47. The molecule has 1 aliphatic heterocycles. The summed E-state index contributed by atoms with van der Waals surface area (Å²) in [6, 6.07) is 17.5. The van der Waals surface area contributed by atoms with E-state index in [1.54, 1.807) is 7.11 Å². The predicted molar refractivity (Wildman–Crippen MR) is 141 cm³/mol. The lowest BCUT2D eigenvalue weighted by molar-refractivity contribution is 0.0305. The predicted octanol–water partition coefficient (Wildman–Crippen LogP) is 5.24. The standard InChI is InChI=1S/C29H41N3O2/c1-7-10-18-31-20-23(5)32(21-22(31)4)28(26-12-11-13-27(19-26)34-6)24-14-16-25(17-15-24)29(33)30(8-2)9-3/h7,10-17,19,22-23,28H,8-9,18,20-21H2,1-6H3/b10-7+/t22-,23+,28?/m1/s1. The lowest BCUT2D eigenvalue weighted by atomic mass is 9.92. The van der Waals surface area contributed by atoms with E-state index in [0.29, 0.717) is 12.1 Å². The number of carbonyl (C=O) groups excluding carboxylic acids is 1. The summed E-state index contributed by atoms with van der Waals surface area (Å²) in [6.45, 7) is 15.2. The summed E-state index contributed by atoms with van der Waals surface area (Å²) in [5.74, 6) is 0.956. The van der Waals surface area contributed by atoms with E-state index in [9.17, 15) is 4.79 Å². The summed E-state index contributed by atoms with van der Waals surface area (Å²) in [6.07, 6.45) is 4.37. The third kappa shape index (κ3) is 5.89. The van der Waals surface area contributed by atoms with Crippen molar-refractivity contribution in [1.82, 2.24) is 14.7 Å². The molecule has 3 atom stereocenters. The second-order valence-electron chi connectivity index (χ2n) is 9.20. The van der Waals surface area contributed by atoms with E-state index in [1.165, 1.54) is 11.1 Å². The number of hydrogen-bond acceptors (Lipinski definition) is 4. The summed E-state index contributed by atoms with van der Waals surface area (Å²) in [7, 11) is 1.71. The van der Waals surface area contributed by atoms with Gasteiger partial charge >= 0.3 is 0 Å². The van der Waals surface area contributed by atoms with Gasteiger partial charge in [-0.2, -0.15) is 0 Å². The molecule has 34 heavy (non-hydrogen) atoms. The first-order valence-corrected chi connectivity index (χ1v) is 12.6. The minimum absolute atomic E-state index is 0.0917. The fraction of sp³-hybridized carbons (Fsp3) is 0.483. The molecule has 1 fully saturated rings. The van der Waals surface area contributed by atoms with Crippen molar-refractivity contribution in [2.24, 2.45) is 0 Å². The minimum Gasteiger partial charge on any atom is -0.497 e. The Labute approximate surface area is 206 Å². The summed E-state index contributed by atoms with van der Waals surface area (Å²) in [5.41, 5.74) is 3.16. The van der Waals surface area contributed by atoms with Gasteiger partial charge in [-0.05, 0) is 70.0 Å². The van der Waals surface area contributed by atoms with Crippen LogP contribution in [0.2, 0.25) is 0 Å². The molecule has 184 valence electrons. The average molecular weight is 464 g/mol. The van der Waals surface area contributed by atoms with E-state index in [1.807, 2.05) is 36.9 Å². The highest BCUT2D eigenvalue weighted by Crippen LogP contribution is 2.35. The van der Waals surface area contributed by atoms with Gasteiger partial charge in [0.15, 0.2) is 0 Å². The van der Waals surface area contributed by atoms with Crippen LogP contribution in [0.1, 0.15) is 62.1 Å². The number of carbonyl (C=O) groups is 1. The van der Waals surface area contributed by atoms with Gasteiger partial charge in [0.2, 0.25) is 0 Å². The van der Waals surface area contributed by atoms with E-state index >= 15 is 0 Å². The molecule has 1 aliphatic rings. The fourth-order valence-corrected chi connectivity index (χ4v) is 4.97. The third-order valence-electron chi connectivity index (χ3n) is 7.00. The first-order chi connectivity index (χ1) is 16.4. The number of allylic oxidation sites excluding steroid dienone is 1. The van der Waals surface area contributed by atoms with Crippen molar-refractivity contribution in [3.8, 4) is 5.75 Å². The zero-order chi connectivity index (χ0) is 24.7. The van der Waals surface area contributed by atoms with Crippen LogP contribution in [0.5, 0.6) is 5.75 Å². The molecular weight excluding hydrogens is 422 g/mol. The zero-order valence-electron chi connectivity index (χ0n) is 21.7. The van der Waals surface area contributed by atoms with Gasteiger partial charge in [0.1, 0.15) is 5.75 Å². The number of benzene rings is 2. The van der Waals surface area contributed by atoms with Crippen LogP contribution in [0, 0.1) is 0 Å². The number of nitrogens with zero attached hydrogens (tertiary/aromatic N) is 3. The Hall–Kier alpha value is -2.63. The van der Waals surface area contributed by atoms with Crippen LogP contribution >= 0.6 is 0 Å². The van der Waals surface area contributed by atoms with Crippen molar-refractivity contribution in [1.29, 1.82) is 0 Å². The number of ether oxygens (including phenoxy) is 1. The van der Waals surface area contributed by atoms with Crippen molar-refractivity contribution in [3.63, 3.8) is 0 Å². The molecule has 0 saturated carbocycles. The van der Waals surface area contributed by atoms with Crippen LogP contribution in [-0.4, -0.2) is 72.5 Å². The van der Waals surface area contributed by atoms with Crippen molar-refractivity contribution in [2.75, 3.05) is 39.8 Å². The van der Waals surface area contributed by atoms with Gasteiger partial charge in [-0.25, -0.2) is 0 Å². The Balaban J connectivity index is 1.96. The number of amides is 1. The second-order valence-corrected chi connectivity index (χ2v) is 9.20. The minimum atomic E-state index is 0.0917. The van der Waals surface area contributed by atoms with Crippen LogP contribution in [0.15, 0.2) is 60.7 Å². The van der Waals surface area contributed by atoms with E-state index in [4.69, 9.17) is 4.74 Å². The Morgan fingerprint density at radius 2 is 1.76 bits per heavy atom. The highest BCUT2D eigenvalue weighted by molar-refractivity contribution is 5.94. The van der Waals surface area contributed by atoms with E-state index in [-0.39, 0.29) is 11.9 Å². The molecule has 0 bridgehead atoms. The highest BCUT2D eigenvalue weighted by atomic mass is 16.5. The molecule has 1 unspecified atom stereocenters. The maximum atomic E-state index is 12.8. The summed E-state index contributed by atoms with van der Waals surface area (Å²) >= 11 is 0. The first kappa shape index (κ1) is 26.0. The van der Waals surface area contributed by atoms with Gasteiger partial charge in [0.05, 0.1) is 13.2 Å². The van der Waals surface area contributed by atoms with Crippen LogP contribution in [0.25, 0.3) is 0 Å². The van der Waals surface area contributed by atoms with Gasteiger partial charge < -0.3 is 9.64 Å². The maximum absolute atomic E-state index is 12.8. The smallest absolute Gasteiger partial charge is 0.253 e. The van der Waals surface area contributed by atoms with Gasteiger partial charge in [-0.15, -0.1) is 0 Å². The van der Waals surface area contributed by atoms with Gasteiger partial charge in [0, 0.05) is 50.4 Å². The molecular formula is C29H41N3O2. The average Bonchev–Trinajstić information content (AvgIpc) is 2.86. The van der Waals surface area contributed by atoms with Gasteiger partial charge in [-0.1, -0.05) is 36.4 Å².